The minimum atomic E-state index is -0.969. The van der Waals surface area contributed by atoms with Gasteiger partial charge in [-0.25, -0.2) is 0 Å². The largest absolute Gasteiger partial charge is 0.480 e. The van der Waals surface area contributed by atoms with Crippen molar-refractivity contribution in [3.63, 3.8) is 0 Å². The van der Waals surface area contributed by atoms with Crippen molar-refractivity contribution in [1.29, 1.82) is 0 Å². The summed E-state index contributed by atoms with van der Waals surface area (Å²) in [5.74, 6) is -0.381. The fourth-order valence-electron chi connectivity index (χ4n) is 1.10. The van der Waals surface area contributed by atoms with Crippen molar-refractivity contribution in [1.82, 2.24) is 0 Å². The topological polar surface area (TPSA) is 83.6 Å². The van der Waals surface area contributed by atoms with Gasteiger partial charge >= 0.3 is 5.97 Å². The predicted octanol–water partition coefficient (Wildman–Crippen LogP) is 0.538. The lowest BCUT2D eigenvalue weighted by Crippen LogP contribution is -2.34. The van der Waals surface area contributed by atoms with Crippen molar-refractivity contribution in [3.8, 4) is 0 Å². The Kier molecular flexibility index (Phi) is 6.96. The van der Waals surface area contributed by atoms with Crippen molar-refractivity contribution in [2.45, 2.75) is 31.6 Å². The minimum Gasteiger partial charge on any atom is -0.480 e. The van der Waals surface area contributed by atoms with E-state index in [1.165, 1.54) is 11.8 Å². The first-order valence-corrected chi connectivity index (χ1v) is 5.78. The Hall–Kier alpha value is -0.260. The van der Waals surface area contributed by atoms with E-state index in [1.54, 1.807) is 0 Å². The van der Waals surface area contributed by atoms with Gasteiger partial charge in [0.15, 0.2) is 0 Å². The molecule has 0 aliphatic rings. The number of rotatable bonds is 7. The van der Waals surface area contributed by atoms with E-state index in [0.29, 0.717) is 5.75 Å². The molecule has 14 heavy (non-hydrogen) atoms. The lowest BCUT2D eigenvalue weighted by Gasteiger charge is -2.21. The van der Waals surface area contributed by atoms with Gasteiger partial charge in [-0.2, -0.15) is 11.8 Å². The second kappa shape index (κ2) is 7.09. The van der Waals surface area contributed by atoms with Crippen LogP contribution in [-0.4, -0.2) is 39.8 Å². The Morgan fingerprint density at radius 3 is 2.50 bits per heavy atom. The first kappa shape index (κ1) is 13.7. The number of thioether (sulfide) groups is 1. The van der Waals surface area contributed by atoms with Crippen LogP contribution in [0.25, 0.3) is 0 Å². The van der Waals surface area contributed by atoms with Gasteiger partial charge in [-0.1, -0.05) is 13.8 Å². The Labute approximate surface area is 88.9 Å². The molecule has 0 amide bonds. The molecule has 0 spiro atoms. The van der Waals surface area contributed by atoms with Crippen molar-refractivity contribution in [2.24, 2.45) is 11.7 Å². The number of carbonyl (C=O) groups is 1. The lowest BCUT2D eigenvalue weighted by molar-refractivity contribution is -0.137. The van der Waals surface area contributed by atoms with Crippen LogP contribution in [0.2, 0.25) is 0 Å². The van der Waals surface area contributed by atoms with Crippen LogP contribution in [0.1, 0.15) is 20.3 Å². The van der Waals surface area contributed by atoms with E-state index in [2.05, 4.69) is 0 Å². The van der Waals surface area contributed by atoms with Crippen LogP contribution in [0.5, 0.6) is 0 Å². The Bertz CT molecular complexity index is 177. The Morgan fingerprint density at radius 2 is 2.14 bits per heavy atom. The molecule has 0 heterocycles. The highest BCUT2D eigenvalue weighted by Gasteiger charge is 2.18. The maximum atomic E-state index is 10.5. The monoisotopic (exact) mass is 221 g/mol. The van der Waals surface area contributed by atoms with Gasteiger partial charge in [0.25, 0.3) is 0 Å². The summed E-state index contributed by atoms with van der Waals surface area (Å²) in [7, 11) is 0. The van der Waals surface area contributed by atoms with Crippen LogP contribution in [0.15, 0.2) is 0 Å². The third kappa shape index (κ3) is 4.83. The molecule has 0 aliphatic heterocycles. The molecule has 84 valence electrons. The number of nitrogens with two attached hydrogens (primary N) is 1. The molecule has 3 atom stereocenters. The number of hydrogen-bond donors (Lipinski definition) is 3. The van der Waals surface area contributed by atoms with Crippen molar-refractivity contribution in [2.75, 3.05) is 12.4 Å². The van der Waals surface area contributed by atoms with Crippen LogP contribution in [0.3, 0.4) is 0 Å². The van der Waals surface area contributed by atoms with Gasteiger partial charge in [-0.05, 0) is 12.3 Å². The van der Waals surface area contributed by atoms with Crippen molar-refractivity contribution in [3.05, 3.63) is 0 Å². The molecular weight excluding hydrogens is 202 g/mol. The van der Waals surface area contributed by atoms with E-state index in [0.717, 1.165) is 6.42 Å². The normalized spacial score (nSPS) is 17.4. The Balaban J connectivity index is 3.89. The molecule has 5 heteroatoms. The fraction of sp³-hybridized carbons (Fsp3) is 0.889. The van der Waals surface area contributed by atoms with Crippen LogP contribution in [0.4, 0.5) is 0 Å². The molecule has 3 unspecified atom stereocenters. The number of aliphatic hydroxyl groups is 1. The maximum Gasteiger partial charge on any atom is 0.321 e. The standard InChI is InChI=1S/C9H19NO3S/c1-3-8(6(2)4-11)14-5-7(10)9(12)13/h6-8,11H,3-5,10H2,1-2H3,(H,12,13). The van der Waals surface area contributed by atoms with E-state index in [9.17, 15) is 4.79 Å². The van der Waals surface area contributed by atoms with Crippen LogP contribution in [-0.2, 0) is 4.79 Å². The first-order valence-electron chi connectivity index (χ1n) is 4.73. The number of carboxylic acid groups (broad SMARTS) is 1. The predicted molar refractivity (Wildman–Crippen MR) is 58.4 cm³/mol. The van der Waals surface area contributed by atoms with Gasteiger partial charge in [-0.3, -0.25) is 4.79 Å². The molecule has 0 bridgehead atoms. The first-order chi connectivity index (χ1) is 6.52. The van der Waals surface area contributed by atoms with Gasteiger partial charge in [0.2, 0.25) is 0 Å². The van der Waals surface area contributed by atoms with Gasteiger partial charge in [0, 0.05) is 17.6 Å². The van der Waals surface area contributed by atoms with E-state index >= 15 is 0 Å². The summed E-state index contributed by atoms with van der Waals surface area (Å²) in [5.41, 5.74) is 5.38. The number of aliphatic hydroxyl groups excluding tert-OH is 1. The molecule has 0 saturated carbocycles. The summed E-state index contributed by atoms with van der Waals surface area (Å²) in [4.78, 5) is 10.5. The second-order valence-electron chi connectivity index (χ2n) is 3.38. The second-order valence-corrected chi connectivity index (χ2v) is 4.66. The van der Waals surface area contributed by atoms with Gasteiger partial charge in [0.05, 0.1) is 0 Å². The van der Waals surface area contributed by atoms with E-state index in [4.69, 9.17) is 15.9 Å². The Morgan fingerprint density at radius 1 is 1.57 bits per heavy atom. The third-order valence-corrected chi connectivity index (χ3v) is 3.91. The zero-order valence-electron chi connectivity index (χ0n) is 8.64. The van der Waals surface area contributed by atoms with E-state index < -0.39 is 12.0 Å². The highest BCUT2D eigenvalue weighted by molar-refractivity contribution is 8.00. The zero-order valence-corrected chi connectivity index (χ0v) is 9.46. The molecule has 0 aromatic heterocycles. The SMILES string of the molecule is CCC(SCC(N)C(=O)O)C(C)CO. The average Bonchev–Trinajstić information content (AvgIpc) is 2.17. The van der Waals surface area contributed by atoms with E-state index in [-0.39, 0.29) is 17.8 Å². The van der Waals surface area contributed by atoms with Crippen LogP contribution < -0.4 is 5.73 Å². The average molecular weight is 221 g/mol. The molecule has 0 radical (unpaired) electrons. The zero-order chi connectivity index (χ0) is 11.1. The summed E-state index contributed by atoms with van der Waals surface area (Å²) in [6.45, 7) is 4.11. The summed E-state index contributed by atoms with van der Waals surface area (Å²) in [6.07, 6.45) is 0.915. The van der Waals surface area contributed by atoms with Crippen LogP contribution >= 0.6 is 11.8 Å². The van der Waals surface area contributed by atoms with Crippen molar-refractivity contribution < 1.29 is 15.0 Å². The third-order valence-electron chi connectivity index (χ3n) is 2.13. The smallest absolute Gasteiger partial charge is 0.321 e. The number of hydrogen-bond acceptors (Lipinski definition) is 4. The molecule has 0 aliphatic carbocycles. The van der Waals surface area contributed by atoms with Gasteiger partial charge < -0.3 is 15.9 Å². The lowest BCUT2D eigenvalue weighted by atomic mass is 10.1. The summed E-state index contributed by atoms with van der Waals surface area (Å²) < 4.78 is 0. The molecule has 0 rings (SSSR count). The molecule has 0 aromatic carbocycles. The molecule has 0 saturated heterocycles. The fourth-order valence-corrected chi connectivity index (χ4v) is 2.35. The summed E-state index contributed by atoms with van der Waals surface area (Å²) >= 11 is 1.52. The van der Waals surface area contributed by atoms with Crippen molar-refractivity contribution >= 4 is 17.7 Å². The van der Waals surface area contributed by atoms with Crippen LogP contribution in [0, 0.1) is 5.92 Å². The van der Waals surface area contributed by atoms with Gasteiger partial charge in [-0.15, -0.1) is 0 Å². The maximum absolute atomic E-state index is 10.5. The summed E-state index contributed by atoms with van der Waals surface area (Å²) in [6, 6.07) is -0.806. The molecule has 4 nitrogen and oxygen atoms in total. The molecule has 0 fully saturated rings. The van der Waals surface area contributed by atoms with Gasteiger partial charge in [0.1, 0.15) is 6.04 Å². The molecular formula is C9H19NO3S. The highest BCUT2D eigenvalue weighted by atomic mass is 32.2. The minimum absolute atomic E-state index is 0.133. The molecule has 4 N–H and O–H groups in total. The highest BCUT2D eigenvalue weighted by Crippen LogP contribution is 2.22. The molecule has 0 aromatic rings. The number of aliphatic carboxylic acids is 1. The van der Waals surface area contributed by atoms with E-state index in [1.807, 2.05) is 13.8 Å². The number of carboxylic acids is 1. The summed E-state index contributed by atoms with van der Waals surface area (Å²) in [5, 5.41) is 17.8. The quantitative estimate of drug-likeness (QED) is 0.584.